The Morgan fingerprint density at radius 1 is 1.19 bits per heavy atom. The van der Waals surface area contributed by atoms with E-state index < -0.39 is 0 Å². The lowest BCUT2D eigenvalue weighted by Crippen LogP contribution is -2.46. The number of hydrogen-bond acceptors (Lipinski definition) is 5. The number of anilines is 1. The van der Waals surface area contributed by atoms with Crippen molar-refractivity contribution in [3.8, 4) is 0 Å². The summed E-state index contributed by atoms with van der Waals surface area (Å²) in [4.78, 5) is 18.8. The van der Waals surface area contributed by atoms with Gasteiger partial charge in [0.2, 0.25) is 5.91 Å². The minimum atomic E-state index is 0.000695. The van der Waals surface area contributed by atoms with Gasteiger partial charge in [0.25, 0.3) is 0 Å². The van der Waals surface area contributed by atoms with Gasteiger partial charge in [-0.25, -0.2) is 0 Å². The average molecular weight is 385 g/mol. The highest BCUT2D eigenvalue weighted by atomic mass is 32.1. The van der Waals surface area contributed by atoms with Gasteiger partial charge in [0.15, 0.2) is 5.82 Å². The number of amides is 1. The number of thiophene rings is 1. The second-order valence-electron chi connectivity index (χ2n) is 8.69. The van der Waals surface area contributed by atoms with E-state index in [1.807, 2.05) is 11.3 Å². The van der Waals surface area contributed by atoms with E-state index in [9.17, 15) is 4.79 Å². The fourth-order valence-electron chi connectivity index (χ4n) is 3.98. The zero-order valence-electron chi connectivity index (χ0n) is 16.4. The Morgan fingerprint density at radius 2 is 2.04 bits per heavy atom. The molecule has 4 heterocycles. The Kier molecular flexibility index (Phi) is 4.93. The van der Waals surface area contributed by atoms with Crippen LogP contribution in [-0.2, 0) is 23.2 Å². The van der Waals surface area contributed by atoms with Crippen LogP contribution in [0.3, 0.4) is 0 Å². The van der Waals surface area contributed by atoms with Crippen molar-refractivity contribution in [3.05, 3.63) is 39.7 Å². The molecule has 1 unspecified atom stereocenters. The van der Waals surface area contributed by atoms with Crippen LogP contribution in [0.1, 0.15) is 49.7 Å². The highest BCUT2D eigenvalue weighted by molar-refractivity contribution is 7.10. The smallest absolute Gasteiger partial charge is 0.227 e. The molecule has 0 radical (unpaired) electrons. The van der Waals surface area contributed by atoms with Crippen LogP contribution in [0.4, 0.5) is 5.82 Å². The van der Waals surface area contributed by atoms with Crippen LogP contribution in [-0.4, -0.2) is 40.6 Å². The Balaban J connectivity index is 1.43. The summed E-state index contributed by atoms with van der Waals surface area (Å²) in [7, 11) is 0. The van der Waals surface area contributed by atoms with Gasteiger partial charge in [-0.15, -0.1) is 16.4 Å². The van der Waals surface area contributed by atoms with Gasteiger partial charge in [0.1, 0.15) is 0 Å². The maximum Gasteiger partial charge on any atom is 0.227 e. The summed E-state index contributed by atoms with van der Waals surface area (Å²) < 4.78 is 0. The first-order valence-corrected chi connectivity index (χ1v) is 10.7. The predicted molar refractivity (Wildman–Crippen MR) is 109 cm³/mol. The second kappa shape index (κ2) is 7.23. The molecule has 1 fully saturated rings. The summed E-state index contributed by atoms with van der Waals surface area (Å²) in [5, 5.41) is 11.0. The number of carbonyl (C=O) groups is 1. The van der Waals surface area contributed by atoms with E-state index in [2.05, 4.69) is 64.3 Å². The van der Waals surface area contributed by atoms with Gasteiger partial charge < -0.3 is 9.80 Å². The third kappa shape index (κ3) is 3.86. The van der Waals surface area contributed by atoms with E-state index in [0.29, 0.717) is 5.91 Å². The van der Waals surface area contributed by atoms with Crippen molar-refractivity contribution >= 4 is 23.1 Å². The molecule has 27 heavy (non-hydrogen) atoms. The number of fused-ring (bicyclic) bond motifs is 1. The molecule has 0 N–H and O–H groups in total. The summed E-state index contributed by atoms with van der Waals surface area (Å²) >= 11 is 1.81. The van der Waals surface area contributed by atoms with E-state index in [-0.39, 0.29) is 11.3 Å². The highest BCUT2D eigenvalue weighted by Gasteiger charge is 2.32. The van der Waals surface area contributed by atoms with Gasteiger partial charge in [-0.1, -0.05) is 20.8 Å². The van der Waals surface area contributed by atoms with E-state index in [1.165, 1.54) is 10.4 Å². The molecule has 0 bridgehead atoms. The highest BCUT2D eigenvalue weighted by Crippen LogP contribution is 2.28. The molecule has 1 amide bonds. The topological polar surface area (TPSA) is 49.3 Å². The molecular formula is C21H28N4OS. The van der Waals surface area contributed by atoms with Crippen LogP contribution in [0.15, 0.2) is 23.6 Å². The number of aromatic nitrogens is 2. The molecule has 4 rings (SSSR count). The van der Waals surface area contributed by atoms with Crippen molar-refractivity contribution < 1.29 is 4.79 Å². The molecule has 2 aromatic rings. The molecule has 5 nitrogen and oxygen atoms in total. The van der Waals surface area contributed by atoms with Crippen molar-refractivity contribution in [1.82, 2.24) is 15.1 Å². The lowest BCUT2D eigenvalue weighted by molar-refractivity contribution is -0.136. The molecule has 0 spiro atoms. The lowest BCUT2D eigenvalue weighted by atomic mass is 9.92. The van der Waals surface area contributed by atoms with Gasteiger partial charge in [-0.05, 0) is 48.4 Å². The third-order valence-corrected chi connectivity index (χ3v) is 6.66. The van der Waals surface area contributed by atoms with Crippen molar-refractivity contribution in [2.75, 3.05) is 24.5 Å². The van der Waals surface area contributed by atoms with Crippen LogP contribution < -0.4 is 4.90 Å². The summed E-state index contributed by atoms with van der Waals surface area (Å²) in [5.74, 6) is 1.25. The first-order chi connectivity index (χ1) is 12.9. The molecule has 0 aromatic carbocycles. The molecule has 1 saturated heterocycles. The molecule has 144 valence electrons. The maximum absolute atomic E-state index is 13.1. The van der Waals surface area contributed by atoms with E-state index in [1.54, 1.807) is 0 Å². The van der Waals surface area contributed by atoms with Gasteiger partial charge >= 0.3 is 0 Å². The molecule has 2 aliphatic heterocycles. The van der Waals surface area contributed by atoms with Crippen LogP contribution in [0.5, 0.6) is 0 Å². The van der Waals surface area contributed by atoms with Gasteiger partial charge in [0.05, 0.1) is 11.6 Å². The first kappa shape index (κ1) is 18.4. The van der Waals surface area contributed by atoms with Crippen molar-refractivity contribution in [1.29, 1.82) is 0 Å². The molecule has 2 aromatic heterocycles. The number of piperidine rings is 1. The zero-order valence-corrected chi connectivity index (χ0v) is 17.3. The van der Waals surface area contributed by atoms with E-state index in [4.69, 9.17) is 0 Å². The Hall–Kier alpha value is -1.95. The fraction of sp³-hybridized carbons (Fsp3) is 0.571. The largest absolute Gasteiger partial charge is 0.354 e. The predicted octanol–water partition coefficient (Wildman–Crippen LogP) is 3.64. The Labute approximate surface area is 165 Å². The monoisotopic (exact) mass is 384 g/mol. The van der Waals surface area contributed by atoms with E-state index in [0.717, 1.165) is 57.0 Å². The van der Waals surface area contributed by atoms with E-state index >= 15 is 0 Å². The summed E-state index contributed by atoms with van der Waals surface area (Å²) in [6.07, 6.45) is 2.99. The first-order valence-electron chi connectivity index (χ1n) is 9.85. The van der Waals surface area contributed by atoms with Crippen molar-refractivity contribution in [2.24, 2.45) is 5.92 Å². The average Bonchev–Trinajstić information content (AvgIpc) is 3.15. The molecule has 2 aliphatic rings. The van der Waals surface area contributed by atoms with Crippen LogP contribution in [0.2, 0.25) is 0 Å². The SMILES string of the molecule is CC(C)(C)c1ccc(N2CCCC(C(=O)N3CCc4sccc4C3)C2)nn1. The molecule has 1 atom stereocenters. The van der Waals surface area contributed by atoms with Crippen molar-refractivity contribution in [3.63, 3.8) is 0 Å². The van der Waals surface area contributed by atoms with Crippen molar-refractivity contribution in [2.45, 2.75) is 52.0 Å². The summed E-state index contributed by atoms with van der Waals surface area (Å²) in [6, 6.07) is 6.29. The molecule has 0 aliphatic carbocycles. The zero-order chi connectivity index (χ0) is 19.0. The van der Waals surface area contributed by atoms with Gasteiger partial charge in [0, 0.05) is 36.5 Å². The molecule has 0 saturated carbocycles. The number of rotatable bonds is 2. The van der Waals surface area contributed by atoms with Gasteiger partial charge in [-0.2, -0.15) is 5.10 Å². The quantitative estimate of drug-likeness (QED) is 0.793. The molecular weight excluding hydrogens is 356 g/mol. The van der Waals surface area contributed by atoms with Crippen LogP contribution in [0, 0.1) is 5.92 Å². The third-order valence-electron chi connectivity index (χ3n) is 5.63. The second-order valence-corrected chi connectivity index (χ2v) is 9.69. The number of carbonyl (C=O) groups excluding carboxylic acids is 1. The number of nitrogens with zero attached hydrogens (tertiary/aromatic N) is 4. The number of hydrogen-bond donors (Lipinski definition) is 0. The Bertz CT molecular complexity index is 808. The normalized spacial score (nSPS) is 20.5. The summed E-state index contributed by atoms with van der Waals surface area (Å²) in [5.41, 5.74) is 2.33. The minimum Gasteiger partial charge on any atom is -0.354 e. The van der Waals surface area contributed by atoms with Gasteiger partial charge in [-0.3, -0.25) is 4.79 Å². The lowest BCUT2D eigenvalue weighted by Gasteiger charge is -2.36. The Morgan fingerprint density at radius 3 is 2.78 bits per heavy atom. The fourth-order valence-corrected chi connectivity index (χ4v) is 4.87. The standard InChI is InChI=1S/C21H28N4OS/c1-21(2,3)18-6-7-19(23-22-18)24-10-4-5-16(14-24)20(26)25-11-8-17-15(13-25)9-12-27-17/h6-7,9,12,16H,4-5,8,10-11,13-14H2,1-3H3. The van der Waals surface area contributed by atoms with Crippen LogP contribution in [0.25, 0.3) is 0 Å². The summed E-state index contributed by atoms with van der Waals surface area (Å²) in [6.45, 7) is 9.74. The minimum absolute atomic E-state index is 0.000695. The maximum atomic E-state index is 13.1. The van der Waals surface area contributed by atoms with Crippen LogP contribution >= 0.6 is 11.3 Å². The molecule has 6 heteroatoms.